The SMILES string of the molecule is COC(=O)/C=C1/S/C(=N\N=Cc2ccc(S(=O)(=O)O)c(N)c2)NC1=O. The smallest absolute Gasteiger partial charge is 0.331 e. The molecule has 0 spiro atoms. The van der Waals surface area contributed by atoms with Gasteiger partial charge in [0.05, 0.1) is 23.9 Å². The van der Waals surface area contributed by atoms with Crippen molar-refractivity contribution < 1.29 is 27.3 Å². The van der Waals surface area contributed by atoms with Gasteiger partial charge in [0, 0.05) is 6.08 Å². The van der Waals surface area contributed by atoms with Gasteiger partial charge in [-0.1, -0.05) is 6.07 Å². The average molecular weight is 384 g/mol. The zero-order chi connectivity index (χ0) is 18.6. The van der Waals surface area contributed by atoms with Gasteiger partial charge >= 0.3 is 5.97 Å². The third-order valence-corrected chi connectivity index (χ3v) is 4.60. The average Bonchev–Trinajstić information content (AvgIpc) is 2.85. The second kappa shape index (κ2) is 7.46. The topological polar surface area (TPSA) is 161 Å². The number of rotatable bonds is 4. The number of anilines is 1. The Morgan fingerprint density at radius 3 is 2.76 bits per heavy atom. The Balaban J connectivity index is 2.12. The summed E-state index contributed by atoms with van der Waals surface area (Å²) in [5.41, 5.74) is 5.83. The fraction of sp³-hybridized carbons (Fsp3) is 0.0769. The molecule has 4 N–H and O–H groups in total. The minimum atomic E-state index is -4.40. The Bertz CT molecular complexity index is 920. The summed E-state index contributed by atoms with van der Waals surface area (Å²) in [5.74, 6) is -1.18. The van der Waals surface area contributed by atoms with Gasteiger partial charge < -0.3 is 10.5 Å². The van der Waals surface area contributed by atoms with E-state index in [9.17, 15) is 18.0 Å². The van der Waals surface area contributed by atoms with E-state index in [-0.39, 0.29) is 15.8 Å². The number of amidine groups is 1. The number of carbonyl (C=O) groups excluding carboxylic acids is 2. The van der Waals surface area contributed by atoms with Gasteiger partial charge in [-0.15, -0.1) is 5.10 Å². The molecule has 132 valence electrons. The third kappa shape index (κ3) is 4.89. The summed E-state index contributed by atoms with van der Waals surface area (Å²) in [6, 6.07) is 3.78. The van der Waals surface area contributed by atoms with E-state index in [1.807, 2.05) is 0 Å². The molecule has 1 aromatic carbocycles. The summed E-state index contributed by atoms with van der Waals surface area (Å²) >= 11 is 0.905. The van der Waals surface area contributed by atoms with Gasteiger partial charge in [0.25, 0.3) is 16.0 Å². The number of nitrogens with zero attached hydrogens (tertiary/aromatic N) is 2. The molecule has 0 aromatic heterocycles. The maximum atomic E-state index is 11.6. The molecule has 0 bridgehead atoms. The molecule has 1 heterocycles. The molecule has 0 unspecified atom stereocenters. The molecule has 0 aliphatic carbocycles. The van der Waals surface area contributed by atoms with Crippen molar-refractivity contribution in [3.8, 4) is 0 Å². The zero-order valence-corrected chi connectivity index (χ0v) is 14.3. The Morgan fingerprint density at radius 2 is 2.16 bits per heavy atom. The Morgan fingerprint density at radius 1 is 1.44 bits per heavy atom. The Hall–Kier alpha value is -2.70. The maximum absolute atomic E-state index is 11.6. The van der Waals surface area contributed by atoms with E-state index in [1.54, 1.807) is 0 Å². The maximum Gasteiger partial charge on any atom is 0.331 e. The molecule has 12 heteroatoms. The number of hydrogen-bond acceptors (Lipinski definition) is 9. The van der Waals surface area contributed by atoms with E-state index in [0.29, 0.717) is 5.56 Å². The monoisotopic (exact) mass is 384 g/mol. The predicted octanol–water partition coefficient (Wildman–Crippen LogP) is 0.125. The molecule has 0 atom stereocenters. The normalized spacial score (nSPS) is 18.1. The van der Waals surface area contributed by atoms with Crippen molar-refractivity contribution >= 4 is 50.8 Å². The number of amides is 1. The van der Waals surface area contributed by atoms with Gasteiger partial charge in [0.2, 0.25) is 0 Å². The first-order valence-electron chi connectivity index (χ1n) is 6.47. The minimum Gasteiger partial charge on any atom is -0.466 e. The largest absolute Gasteiger partial charge is 0.466 e. The summed E-state index contributed by atoms with van der Waals surface area (Å²) in [6.45, 7) is 0. The van der Waals surface area contributed by atoms with Crippen molar-refractivity contribution in [2.45, 2.75) is 4.90 Å². The first kappa shape index (κ1) is 18.6. The van der Waals surface area contributed by atoms with Crippen LogP contribution in [-0.2, 0) is 24.4 Å². The first-order valence-corrected chi connectivity index (χ1v) is 8.73. The molecule has 1 aliphatic heterocycles. The van der Waals surface area contributed by atoms with Crippen LogP contribution < -0.4 is 11.1 Å². The molecule has 0 radical (unpaired) electrons. The van der Waals surface area contributed by atoms with Gasteiger partial charge in [0.15, 0.2) is 5.17 Å². The van der Waals surface area contributed by atoms with Crippen LogP contribution in [0.3, 0.4) is 0 Å². The number of benzene rings is 1. The summed E-state index contributed by atoms with van der Waals surface area (Å²) in [5, 5.41) is 10.1. The van der Waals surface area contributed by atoms with Gasteiger partial charge in [-0.2, -0.15) is 13.5 Å². The van der Waals surface area contributed by atoms with Crippen LogP contribution in [0.5, 0.6) is 0 Å². The standard InChI is InChI=1S/C13H12N4O6S2/c1-23-11(18)5-9-12(19)16-13(24-9)17-15-6-7-2-3-10(8(14)4-7)25(20,21)22/h2-6H,14H2,1H3,(H,16,17,19)(H,20,21,22)/b9-5+,15-6?. The Labute approximate surface area is 146 Å². The minimum absolute atomic E-state index is 0.113. The summed E-state index contributed by atoms with van der Waals surface area (Å²) < 4.78 is 35.5. The second-order valence-corrected chi connectivity index (χ2v) is 6.93. The van der Waals surface area contributed by atoms with E-state index in [0.717, 1.165) is 23.9 Å². The van der Waals surface area contributed by atoms with Crippen molar-refractivity contribution in [1.29, 1.82) is 0 Å². The van der Waals surface area contributed by atoms with E-state index in [1.165, 1.54) is 25.5 Å². The lowest BCUT2D eigenvalue weighted by atomic mass is 10.2. The summed E-state index contributed by atoms with van der Waals surface area (Å²) in [4.78, 5) is 22.4. The fourth-order valence-electron chi connectivity index (χ4n) is 1.67. The highest BCUT2D eigenvalue weighted by Gasteiger charge is 2.25. The number of nitrogens with one attached hydrogen (secondary N) is 1. The van der Waals surface area contributed by atoms with Crippen molar-refractivity contribution in [1.82, 2.24) is 5.32 Å². The number of esters is 1. The van der Waals surface area contributed by atoms with Crippen molar-refractivity contribution in [3.63, 3.8) is 0 Å². The molecule has 1 saturated heterocycles. The quantitative estimate of drug-likeness (QED) is 0.165. The number of ether oxygens (including phenoxy) is 1. The van der Waals surface area contributed by atoms with E-state index < -0.39 is 26.9 Å². The third-order valence-electron chi connectivity index (χ3n) is 2.77. The number of nitrogens with two attached hydrogens (primary N) is 1. The van der Waals surface area contributed by atoms with Crippen LogP contribution in [0.15, 0.2) is 44.3 Å². The van der Waals surface area contributed by atoms with Crippen LogP contribution in [0.1, 0.15) is 5.56 Å². The number of thioether (sulfide) groups is 1. The van der Waals surface area contributed by atoms with Gasteiger partial charge in [0.1, 0.15) is 4.90 Å². The van der Waals surface area contributed by atoms with E-state index in [2.05, 4.69) is 20.3 Å². The summed E-state index contributed by atoms with van der Waals surface area (Å²) in [6.07, 6.45) is 2.30. The first-order chi connectivity index (χ1) is 11.7. The van der Waals surface area contributed by atoms with Crippen LogP contribution in [0.2, 0.25) is 0 Å². The predicted molar refractivity (Wildman–Crippen MR) is 91.5 cm³/mol. The molecule has 10 nitrogen and oxygen atoms in total. The van der Waals surface area contributed by atoms with Crippen LogP contribution in [-0.4, -0.2) is 43.3 Å². The van der Waals surface area contributed by atoms with Crippen LogP contribution in [0.25, 0.3) is 0 Å². The molecule has 1 aliphatic rings. The number of methoxy groups -OCH3 is 1. The van der Waals surface area contributed by atoms with Gasteiger partial charge in [-0.3, -0.25) is 14.7 Å². The lowest BCUT2D eigenvalue weighted by molar-refractivity contribution is -0.135. The molecule has 1 aromatic rings. The lowest BCUT2D eigenvalue weighted by Crippen LogP contribution is -2.19. The number of nitrogen functional groups attached to an aromatic ring is 1. The van der Waals surface area contributed by atoms with Gasteiger partial charge in [-0.25, -0.2) is 4.79 Å². The van der Waals surface area contributed by atoms with E-state index >= 15 is 0 Å². The fourth-order valence-corrected chi connectivity index (χ4v) is 3.01. The van der Waals surface area contributed by atoms with Crippen LogP contribution in [0.4, 0.5) is 5.69 Å². The second-order valence-electron chi connectivity index (χ2n) is 4.51. The highest BCUT2D eigenvalue weighted by atomic mass is 32.2. The van der Waals surface area contributed by atoms with Gasteiger partial charge in [-0.05, 0) is 29.5 Å². The molecule has 2 rings (SSSR count). The van der Waals surface area contributed by atoms with Crippen molar-refractivity contribution in [2.75, 3.05) is 12.8 Å². The highest BCUT2D eigenvalue weighted by molar-refractivity contribution is 8.18. The molecule has 25 heavy (non-hydrogen) atoms. The lowest BCUT2D eigenvalue weighted by Gasteiger charge is -2.02. The van der Waals surface area contributed by atoms with Crippen LogP contribution in [0, 0.1) is 0 Å². The number of carbonyl (C=O) groups is 2. The van der Waals surface area contributed by atoms with E-state index in [4.69, 9.17) is 10.3 Å². The van der Waals surface area contributed by atoms with Crippen molar-refractivity contribution in [2.24, 2.45) is 10.2 Å². The molecular formula is C13H12N4O6S2. The Kier molecular flexibility index (Phi) is 5.56. The van der Waals surface area contributed by atoms with Crippen molar-refractivity contribution in [3.05, 3.63) is 34.7 Å². The highest BCUT2D eigenvalue weighted by Crippen LogP contribution is 2.23. The zero-order valence-electron chi connectivity index (χ0n) is 12.7. The molecule has 1 amide bonds. The molecule has 1 fully saturated rings. The molecule has 0 saturated carbocycles. The van der Waals surface area contributed by atoms with Crippen LogP contribution >= 0.6 is 11.8 Å². The number of hydrogen-bond donors (Lipinski definition) is 3. The molecular weight excluding hydrogens is 372 g/mol. The summed E-state index contributed by atoms with van der Waals surface area (Å²) in [7, 11) is -3.21.